The fraction of sp³-hybridized carbons (Fsp3) is 0.467. The summed E-state index contributed by atoms with van der Waals surface area (Å²) < 4.78 is 1.24. The maximum atomic E-state index is 9.79. The van der Waals surface area contributed by atoms with Crippen LogP contribution in [-0.4, -0.2) is 17.8 Å². The molecule has 1 aliphatic rings. The first-order valence-corrected chi connectivity index (χ1v) is 8.00. The van der Waals surface area contributed by atoms with Crippen LogP contribution in [0.15, 0.2) is 24.3 Å². The Morgan fingerprint density at radius 2 is 2.16 bits per heavy atom. The number of fused-ring (bicyclic) bond motifs is 1. The van der Waals surface area contributed by atoms with E-state index in [-0.39, 0.29) is 6.10 Å². The van der Waals surface area contributed by atoms with Gasteiger partial charge in [-0.1, -0.05) is 36.2 Å². The average Bonchev–Trinajstić information content (AvgIpc) is 2.96. The predicted octanol–water partition coefficient (Wildman–Crippen LogP) is 3.81. The van der Waals surface area contributed by atoms with Crippen molar-refractivity contribution in [1.29, 1.82) is 0 Å². The first-order chi connectivity index (χ1) is 9.25. The Kier molecular flexibility index (Phi) is 4.08. The molecule has 0 saturated heterocycles. The van der Waals surface area contributed by atoms with Crippen LogP contribution < -0.4 is 5.32 Å². The van der Waals surface area contributed by atoms with Gasteiger partial charge in [0.1, 0.15) is 0 Å². The summed E-state index contributed by atoms with van der Waals surface area (Å²) in [6.07, 6.45) is 3.12. The number of rotatable bonds is 4. The third kappa shape index (κ3) is 2.79. The second kappa shape index (κ2) is 5.80. The van der Waals surface area contributed by atoms with Crippen LogP contribution in [0.4, 0.5) is 0 Å². The molecule has 0 bridgehead atoms. The molecule has 1 saturated carbocycles. The second-order valence-corrected chi connectivity index (χ2v) is 6.74. The van der Waals surface area contributed by atoms with Crippen molar-refractivity contribution in [2.45, 2.75) is 31.9 Å². The second-order valence-electron chi connectivity index (χ2n) is 5.22. The minimum atomic E-state index is -0.120. The highest BCUT2D eigenvalue weighted by Crippen LogP contribution is 2.35. The van der Waals surface area contributed by atoms with Crippen LogP contribution in [0.3, 0.4) is 0 Å². The van der Waals surface area contributed by atoms with E-state index in [1.54, 1.807) is 11.3 Å². The highest BCUT2D eigenvalue weighted by molar-refractivity contribution is 7.19. The number of thiophene rings is 1. The number of halogens is 1. The molecule has 0 aliphatic heterocycles. The summed E-state index contributed by atoms with van der Waals surface area (Å²) in [5.41, 5.74) is 0. The summed E-state index contributed by atoms with van der Waals surface area (Å²) in [6, 6.07) is 8.24. The number of aliphatic hydroxyl groups is 1. The first kappa shape index (κ1) is 13.4. The van der Waals surface area contributed by atoms with Crippen LogP contribution >= 0.6 is 22.9 Å². The molecule has 2 aromatic rings. The van der Waals surface area contributed by atoms with Crippen molar-refractivity contribution in [3.05, 3.63) is 34.2 Å². The van der Waals surface area contributed by atoms with Gasteiger partial charge in [-0.25, -0.2) is 0 Å². The minimum Gasteiger partial charge on any atom is -0.393 e. The molecule has 0 spiro atoms. The minimum absolute atomic E-state index is 0.120. The maximum Gasteiger partial charge on any atom is 0.0636 e. The molecule has 3 rings (SSSR count). The molecule has 19 heavy (non-hydrogen) atoms. The number of nitrogens with one attached hydrogen (secondary N) is 1. The monoisotopic (exact) mass is 295 g/mol. The van der Waals surface area contributed by atoms with Crippen LogP contribution in [0, 0.1) is 5.92 Å². The molecular formula is C15H18ClNOS. The molecule has 0 radical (unpaired) electrons. The fourth-order valence-corrected chi connectivity index (χ4v) is 4.27. The normalized spacial score (nSPS) is 23.3. The van der Waals surface area contributed by atoms with E-state index in [1.807, 2.05) is 12.1 Å². The van der Waals surface area contributed by atoms with Crippen molar-refractivity contribution in [3.63, 3.8) is 0 Å². The summed E-state index contributed by atoms with van der Waals surface area (Å²) in [5, 5.41) is 15.3. The van der Waals surface area contributed by atoms with Crippen molar-refractivity contribution in [3.8, 4) is 0 Å². The summed E-state index contributed by atoms with van der Waals surface area (Å²) in [6.45, 7) is 1.67. The molecule has 1 aliphatic carbocycles. The Balaban J connectivity index is 1.63. The Labute approximate surface area is 122 Å². The summed E-state index contributed by atoms with van der Waals surface area (Å²) >= 11 is 8.15. The van der Waals surface area contributed by atoms with Crippen LogP contribution in [0.5, 0.6) is 0 Å². The number of benzene rings is 1. The standard InChI is InChI=1S/C15H18ClNOS/c16-15-11-5-1-2-7-13(11)19-14(15)9-17-8-10-4-3-6-12(10)18/h1-2,5,7,10,12,17-18H,3-4,6,8-9H2. The molecular weight excluding hydrogens is 278 g/mol. The van der Waals surface area contributed by atoms with E-state index in [4.69, 9.17) is 11.6 Å². The molecule has 1 fully saturated rings. The van der Waals surface area contributed by atoms with Gasteiger partial charge in [-0.05, 0) is 24.8 Å². The van der Waals surface area contributed by atoms with Gasteiger partial charge in [-0.15, -0.1) is 11.3 Å². The zero-order valence-corrected chi connectivity index (χ0v) is 12.3. The van der Waals surface area contributed by atoms with E-state index in [0.29, 0.717) is 5.92 Å². The van der Waals surface area contributed by atoms with Crippen LogP contribution in [-0.2, 0) is 6.54 Å². The van der Waals surface area contributed by atoms with E-state index in [9.17, 15) is 5.11 Å². The van der Waals surface area contributed by atoms with Gasteiger partial charge in [-0.2, -0.15) is 0 Å². The zero-order chi connectivity index (χ0) is 13.2. The summed E-state index contributed by atoms with van der Waals surface area (Å²) in [5.74, 6) is 0.410. The zero-order valence-electron chi connectivity index (χ0n) is 10.7. The SMILES string of the molecule is OC1CCCC1CNCc1sc2ccccc2c1Cl. The number of hydrogen-bond donors (Lipinski definition) is 2. The highest BCUT2D eigenvalue weighted by atomic mass is 35.5. The van der Waals surface area contributed by atoms with Gasteiger partial charge < -0.3 is 10.4 Å². The Morgan fingerprint density at radius 1 is 1.32 bits per heavy atom. The summed E-state index contributed by atoms with van der Waals surface area (Å²) in [4.78, 5) is 1.19. The Morgan fingerprint density at radius 3 is 2.89 bits per heavy atom. The van der Waals surface area contributed by atoms with Gasteiger partial charge in [0, 0.05) is 28.1 Å². The van der Waals surface area contributed by atoms with Crippen molar-refractivity contribution in [1.82, 2.24) is 5.32 Å². The van der Waals surface area contributed by atoms with Gasteiger partial charge in [0.2, 0.25) is 0 Å². The van der Waals surface area contributed by atoms with E-state index in [0.717, 1.165) is 42.8 Å². The van der Waals surface area contributed by atoms with Crippen molar-refractivity contribution in [2.75, 3.05) is 6.54 Å². The molecule has 2 N–H and O–H groups in total. The molecule has 1 aromatic carbocycles. The molecule has 1 aromatic heterocycles. The van der Waals surface area contributed by atoms with Gasteiger partial charge in [-0.3, -0.25) is 0 Å². The first-order valence-electron chi connectivity index (χ1n) is 6.80. The lowest BCUT2D eigenvalue weighted by Crippen LogP contribution is -2.27. The average molecular weight is 296 g/mol. The van der Waals surface area contributed by atoms with Crippen LogP contribution in [0.25, 0.3) is 10.1 Å². The quantitative estimate of drug-likeness (QED) is 0.899. The van der Waals surface area contributed by atoms with Gasteiger partial charge in [0.15, 0.2) is 0 Å². The summed E-state index contributed by atoms with van der Waals surface area (Å²) in [7, 11) is 0. The molecule has 4 heteroatoms. The molecule has 1 heterocycles. The number of hydrogen-bond acceptors (Lipinski definition) is 3. The van der Waals surface area contributed by atoms with Crippen molar-refractivity contribution < 1.29 is 5.11 Å². The lowest BCUT2D eigenvalue weighted by atomic mass is 10.1. The van der Waals surface area contributed by atoms with E-state index in [2.05, 4.69) is 17.4 Å². The van der Waals surface area contributed by atoms with Gasteiger partial charge >= 0.3 is 0 Å². The molecule has 0 amide bonds. The molecule has 102 valence electrons. The lowest BCUT2D eigenvalue weighted by Gasteiger charge is -2.14. The van der Waals surface area contributed by atoms with E-state index >= 15 is 0 Å². The fourth-order valence-electron chi connectivity index (χ4n) is 2.80. The maximum absolute atomic E-state index is 9.79. The van der Waals surface area contributed by atoms with Gasteiger partial charge in [0.25, 0.3) is 0 Å². The Hall–Kier alpha value is -0.610. The molecule has 2 nitrogen and oxygen atoms in total. The topological polar surface area (TPSA) is 32.3 Å². The van der Waals surface area contributed by atoms with E-state index in [1.165, 1.54) is 9.58 Å². The van der Waals surface area contributed by atoms with Crippen LogP contribution in [0.2, 0.25) is 5.02 Å². The van der Waals surface area contributed by atoms with Crippen molar-refractivity contribution >= 4 is 33.0 Å². The smallest absolute Gasteiger partial charge is 0.0636 e. The van der Waals surface area contributed by atoms with E-state index < -0.39 is 0 Å². The van der Waals surface area contributed by atoms with Crippen molar-refractivity contribution in [2.24, 2.45) is 5.92 Å². The molecule has 2 unspecified atom stereocenters. The largest absolute Gasteiger partial charge is 0.393 e. The molecule has 2 atom stereocenters. The lowest BCUT2D eigenvalue weighted by molar-refractivity contribution is 0.131. The van der Waals surface area contributed by atoms with Crippen LogP contribution in [0.1, 0.15) is 24.1 Å². The third-order valence-electron chi connectivity index (χ3n) is 3.91. The van der Waals surface area contributed by atoms with Gasteiger partial charge in [0.05, 0.1) is 11.1 Å². The number of aliphatic hydroxyl groups excluding tert-OH is 1. The highest BCUT2D eigenvalue weighted by Gasteiger charge is 2.24. The predicted molar refractivity (Wildman–Crippen MR) is 81.9 cm³/mol. The Bertz CT molecular complexity index is 568. The third-order valence-corrected chi connectivity index (χ3v) is 5.63.